The lowest BCUT2D eigenvalue weighted by atomic mass is 10.2. The summed E-state index contributed by atoms with van der Waals surface area (Å²) < 4.78 is 11.2. The number of hydrogen-bond acceptors (Lipinski definition) is 3. The van der Waals surface area contributed by atoms with E-state index in [1.54, 1.807) is 6.08 Å². The van der Waals surface area contributed by atoms with Gasteiger partial charge in [-0.15, -0.1) is 0 Å². The predicted octanol–water partition coefficient (Wildman–Crippen LogP) is 5.30. The Bertz CT molecular complexity index is 703. The number of carbonyl (C=O) groups excluding carboxylic acids is 1. The summed E-state index contributed by atoms with van der Waals surface area (Å²) in [7, 11) is 0. The molecule has 1 amide bonds. The zero-order valence-electron chi connectivity index (χ0n) is 15.7. The van der Waals surface area contributed by atoms with Crippen molar-refractivity contribution in [2.45, 2.75) is 39.7 Å². The molecule has 26 heavy (non-hydrogen) atoms. The molecule has 0 fully saturated rings. The first kappa shape index (κ1) is 19.6. The van der Waals surface area contributed by atoms with Crippen molar-refractivity contribution in [3.05, 3.63) is 60.2 Å². The summed E-state index contributed by atoms with van der Waals surface area (Å²) in [6.07, 6.45) is 5.59. The third-order valence-corrected chi connectivity index (χ3v) is 3.57. The Kier molecular flexibility index (Phi) is 7.75. The molecule has 2 aromatic carbocycles. The molecule has 0 unspecified atom stereocenters. The maximum absolute atomic E-state index is 12.0. The third-order valence-electron chi connectivity index (χ3n) is 3.57. The van der Waals surface area contributed by atoms with E-state index in [-0.39, 0.29) is 12.0 Å². The highest BCUT2D eigenvalue weighted by molar-refractivity contribution is 6.01. The van der Waals surface area contributed by atoms with Crippen molar-refractivity contribution in [2.24, 2.45) is 0 Å². The number of unbranched alkanes of at least 4 members (excludes halogenated alkanes) is 1. The van der Waals surface area contributed by atoms with Crippen molar-refractivity contribution in [3.8, 4) is 11.5 Å². The molecule has 2 rings (SSSR count). The van der Waals surface area contributed by atoms with E-state index in [1.807, 2.05) is 62.4 Å². The van der Waals surface area contributed by atoms with E-state index in [2.05, 4.69) is 12.2 Å². The van der Waals surface area contributed by atoms with Crippen LogP contribution >= 0.6 is 0 Å². The Morgan fingerprint density at radius 3 is 2.31 bits per heavy atom. The third kappa shape index (κ3) is 7.01. The number of amides is 1. The monoisotopic (exact) mass is 353 g/mol. The lowest BCUT2D eigenvalue weighted by Crippen LogP contribution is -2.08. The van der Waals surface area contributed by atoms with Crippen molar-refractivity contribution < 1.29 is 14.3 Å². The van der Waals surface area contributed by atoms with Gasteiger partial charge in [-0.1, -0.05) is 25.5 Å². The Hall–Kier alpha value is -2.75. The van der Waals surface area contributed by atoms with Crippen molar-refractivity contribution in [2.75, 3.05) is 11.9 Å². The summed E-state index contributed by atoms with van der Waals surface area (Å²) in [6.45, 7) is 6.82. The molecule has 0 bridgehead atoms. The van der Waals surface area contributed by atoms with E-state index >= 15 is 0 Å². The standard InChI is InChI=1S/C22H27NO3/c1-4-5-16-25-20-11-6-18(7-12-20)8-15-22(24)23-19-9-13-21(14-10-19)26-17(2)3/h6-15,17H,4-5,16H2,1-3H3,(H,23,24)/b15-8+. The predicted molar refractivity (Wildman–Crippen MR) is 107 cm³/mol. The first-order valence-corrected chi connectivity index (χ1v) is 9.05. The molecule has 0 atom stereocenters. The minimum atomic E-state index is -0.175. The highest BCUT2D eigenvalue weighted by atomic mass is 16.5. The number of ether oxygens (including phenoxy) is 2. The molecule has 0 saturated heterocycles. The molecule has 0 aliphatic carbocycles. The van der Waals surface area contributed by atoms with Crippen molar-refractivity contribution >= 4 is 17.7 Å². The second kappa shape index (κ2) is 10.3. The molecule has 4 heteroatoms. The van der Waals surface area contributed by atoms with Gasteiger partial charge in [0.15, 0.2) is 0 Å². The molecule has 0 radical (unpaired) electrons. The Labute approximate surface area is 155 Å². The van der Waals surface area contributed by atoms with Gasteiger partial charge in [-0.05, 0) is 68.3 Å². The summed E-state index contributed by atoms with van der Waals surface area (Å²) in [5.41, 5.74) is 1.68. The molecule has 0 aliphatic heterocycles. The second-order valence-corrected chi connectivity index (χ2v) is 6.28. The fourth-order valence-electron chi connectivity index (χ4n) is 2.25. The minimum absolute atomic E-state index is 0.127. The summed E-state index contributed by atoms with van der Waals surface area (Å²) in [4.78, 5) is 12.0. The number of carbonyl (C=O) groups is 1. The van der Waals surface area contributed by atoms with E-state index in [1.165, 1.54) is 6.08 Å². The molecule has 0 saturated carbocycles. The van der Waals surface area contributed by atoms with Gasteiger partial charge in [0.2, 0.25) is 5.91 Å². The summed E-state index contributed by atoms with van der Waals surface area (Å²) in [5, 5.41) is 2.83. The van der Waals surface area contributed by atoms with Gasteiger partial charge in [-0.3, -0.25) is 4.79 Å². The average Bonchev–Trinajstić information content (AvgIpc) is 2.62. The smallest absolute Gasteiger partial charge is 0.248 e. The van der Waals surface area contributed by atoms with Crippen molar-refractivity contribution in [1.82, 2.24) is 0 Å². The first-order chi connectivity index (χ1) is 12.6. The van der Waals surface area contributed by atoms with Crippen LogP contribution < -0.4 is 14.8 Å². The molecule has 1 N–H and O–H groups in total. The molecular formula is C22H27NO3. The van der Waals surface area contributed by atoms with Gasteiger partial charge in [0.1, 0.15) is 11.5 Å². The number of nitrogens with one attached hydrogen (secondary N) is 1. The van der Waals surface area contributed by atoms with Gasteiger partial charge in [-0.2, -0.15) is 0 Å². The number of anilines is 1. The maximum Gasteiger partial charge on any atom is 0.248 e. The van der Waals surface area contributed by atoms with Crippen LogP contribution in [0, 0.1) is 0 Å². The molecule has 2 aromatic rings. The molecule has 0 spiro atoms. The zero-order valence-corrected chi connectivity index (χ0v) is 15.7. The van der Waals surface area contributed by atoms with Gasteiger partial charge >= 0.3 is 0 Å². The normalized spacial score (nSPS) is 10.9. The van der Waals surface area contributed by atoms with Crippen LogP contribution in [0.3, 0.4) is 0 Å². The zero-order chi connectivity index (χ0) is 18.8. The number of hydrogen-bond donors (Lipinski definition) is 1. The van der Waals surface area contributed by atoms with Gasteiger partial charge < -0.3 is 14.8 Å². The lowest BCUT2D eigenvalue weighted by molar-refractivity contribution is -0.111. The molecule has 0 aromatic heterocycles. The van der Waals surface area contributed by atoms with Gasteiger partial charge in [0.05, 0.1) is 12.7 Å². The first-order valence-electron chi connectivity index (χ1n) is 9.05. The van der Waals surface area contributed by atoms with Gasteiger partial charge in [0, 0.05) is 11.8 Å². The van der Waals surface area contributed by atoms with Gasteiger partial charge in [-0.25, -0.2) is 0 Å². The lowest BCUT2D eigenvalue weighted by Gasteiger charge is -2.10. The molecule has 0 aliphatic rings. The highest BCUT2D eigenvalue weighted by Gasteiger charge is 2.01. The molecule has 0 heterocycles. The summed E-state index contributed by atoms with van der Waals surface area (Å²) in [6, 6.07) is 15.0. The number of benzene rings is 2. The van der Waals surface area contributed by atoms with Crippen LogP contribution in [0.25, 0.3) is 6.08 Å². The van der Waals surface area contributed by atoms with E-state index < -0.39 is 0 Å². The maximum atomic E-state index is 12.0. The molecule has 4 nitrogen and oxygen atoms in total. The minimum Gasteiger partial charge on any atom is -0.494 e. The van der Waals surface area contributed by atoms with Crippen molar-refractivity contribution in [3.63, 3.8) is 0 Å². The molecule has 138 valence electrons. The van der Waals surface area contributed by atoms with Crippen molar-refractivity contribution in [1.29, 1.82) is 0 Å². The van der Waals surface area contributed by atoms with Crippen LogP contribution in [0.1, 0.15) is 39.2 Å². The number of rotatable bonds is 9. The van der Waals surface area contributed by atoms with E-state index in [9.17, 15) is 4.79 Å². The van der Waals surface area contributed by atoms with E-state index in [0.717, 1.165) is 42.2 Å². The topological polar surface area (TPSA) is 47.6 Å². The van der Waals surface area contributed by atoms with Crippen LogP contribution in [0.2, 0.25) is 0 Å². The molecular weight excluding hydrogens is 326 g/mol. The van der Waals surface area contributed by atoms with Gasteiger partial charge in [0.25, 0.3) is 0 Å². The quantitative estimate of drug-likeness (QED) is 0.491. The summed E-state index contributed by atoms with van der Waals surface area (Å²) >= 11 is 0. The highest BCUT2D eigenvalue weighted by Crippen LogP contribution is 2.17. The fourth-order valence-corrected chi connectivity index (χ4v) is 2.25. The Morgan fingerprint density at radius 1 is 1.04 bits per heavy atom. The largest absolute Gasteiger partial charge is 0.494 e. The second-order valence-electron chi connectivity index (χ2n) is 6.28. The van der Waals surface area contributed by atoms with Crippen LogP contribution in [0.5, 0.6) is 11.5 Å². The van der Waals surface area contributed by atoms with E-state index in [4.69, 9.17) is 9.47 Å². The Morgan fingerprint density at radius 2 is 1.69 bits per heavy atom. The van der Waals surface area contributed by atoms with Crippen LogP contribution in [-0.4, -0.2) is 18.6 Å². The fraction of sp³-hybridized carbons (Fsp3) is 0.318. The Balaban J connectivity index is 1.84. The van der Waals surface area contributed by atoms with Crippen LogP contribution in [-0.2, 0) is 4.79 Å². The summed E-state index contributed by atoms with van der Waals surface area (Å²) in [5.74, 6) is 1.46. The SMILES string of the molecule is CCCCOc1ccc(/C=C/C(=O)Nc2ccc(OC(C)C)cc2)cc1. The van der Waals surface area contributed by atoms with Crippen LogP contribution in [0.4, 0.5) is 5.69 Å². The average molecular weight is 353 g/mol. The van der Waals surface area contributed by atoms with E-state index in [0.29, 0.717) is 0 Å². The van der Waals surface area contributed by atoms with Crippen LogP contribution in [0.15, 0.2) is 54.6 Å².